The number of halogens is 2. The third-order valence-electron chi connectivity index (χ3n) is 2.43. The van der Waals surface area contributed by atoms with Crippen LogP contribution in [-0.4, -0.2) is 19.1 Å². The normalized spacial score (nSPS) is 16.0. The van der Waals surface area contributed by atoms with Crippen LogP contribution in [-0.2, 0) is 0 Å². The van der Waals surface area contributed by atoms with Gasteiger partial charge in [0.15, 0.2) is 5.82 Å². The number of hydrogen-bond acceptors (Lipinski definition) is 3. The molecule has 5 heteroatoms. The molecule has 2 rings (SSSR count). The number of hydrogen-bond donors (Lipinski definition) is 1. The van der Waals surface area contributed by atoms with Gasteiger partial charge < -0.3 is 10.6 Å². The average Bonchev–Trinajstić information content (AvgIpc) is 2.18. The van der Waals surface area contributed by atoms with Gasteiger partial charge in [-0.1, -0.05) is 0 Å². The maximum Gasteiger partial charge on any atom is 0.161 e. The molecule has 1 aliphatic heterocycles. The lowest BCUT2D eigenvalue weighted by atomic mass is 10.1. The minimum atomic E-state index is -0.388. The number of rotatable bonds is 1. The van der Waals surface area contributed by atoms with Gasteiger partial charge in [0.2, 0.25) is 0 Å². The van der Waals surface area contributed by atoms with E-state index in [1.807, 2.05) is 11.0 Å². The first-order chi connectivity index (χ1) is 7.13. The van der Waals surface area contributed by atoms with Gasteiger partial charge in [0, 0.05) is 19.1 Å². The molecule has 0 saturated carbocycles. The summed E-state index contributed by atoms with van der Waals surface area (Å²) in [5.74, 6) is -0.388. The lowest BCUT2D eigenvalue weighted by Gasteiger charge is -2.39. The van der Waals surface area contributed by atoms with Crippen LogP contribution in [0.25, 0.3) is 0 Å². The molecule has 0 spiro atoms. The second kappa shape index (κ2) is 3.80. The van der Waals surface area contributed by atoms with Gasteiger partial charge in [-0.05, 0) is 28.1 Å². The van der Waals surface area contributed by atoms with Gasteiger partial charge in [0.25, 0.3) is 0 Å². The second-order valence-electron chi connectivity index (χ2n) is 3.54. The molecule has 0 atom stereocenters. The highest BCUT2D eigenvalue weighted by molar-refractivity contribution is 9.10. The first-order valence-corrected chi connectivity index (χ1v) is 5.31. The number of nitriles is 1. The van der Waals surface area contributed by atoms with E-state index < -0.39 is 0 Å². The fourth-order valence-corrected chi connectivity index (χ4v) is 2.00. The molecule has 1 aromatic carbocycles. The van der Waals surface area contributed by atoms with E-state index in [1.165, 1.54) is 0 Å². The van der Waals surface area contributed by atoms with E-state index in [0.717, 1.165) is 0 Å². The Morgan fingerprint density at radius 3 is 2.73 bits per heavy atom. The summed E-state index contributed by atoms with van der Waals surface area (Å²) in [6.45, 7) is 1.32. The summed E-state index contributed by atoms with van der Waals surface area (Å²) in [4.78, 5) is 1.85. The molecule has 15 heavy (non-hydrogen) atoms. The number of nitrogens with zero attached hydrogens (tertiary/aromatic N) is 2. The number of benzene rings is 1. The highest BCUT2D eigenvalue weighted by Crippen LogP contribution is 2.31. The van der Waals surface area contributed by atoms with E-state index in [4.69, 9.17) is 11.0 Å². The van der Waals surface area contributed by atoms with E-state index in [0.29, 0.717) is 24.3 Å². The zero-order valence-corrected chi connectivity index (χ0v) is 9.46. The fraction of sp³-hybridized carbons (Fsp3) is 0.300. The molecule has 78 valence electrons. The smallest absolute Gasteiger partial charge is 0.161 e. The van der Waals surface area contributed by atoms with Crippen LogP contribution in [0.3, 0.4) is 0 Å². The molecule has 1 heterocycles. The first-order valence-electron chi connectivity index (χ1n) is 4.52. The molecule has 0 unspecified atom stereocenters. The molecule has 0 bridgehead atoms. The quantitative estimate of drug-likeness (QED) is 0.843. The van der Waals surface area contributed by atoms with Gasteiger partial charge in [0.05, 0.1) is 15.7 Å². The lowest BCUT2D eigenvalue weighted by Crippen LogP contribution is -2.56. The zero-order valence-electron chi connectivity index (χ0n) is 7.87. The predicted molar refractivity (Wildman–Crippen MR) is 59.0 cm³/mol. The van der Waals surface area contributed by atoms with E-state index in [2.05, 4.69) is 15.9 Å². The van der Waals surface area contributed by atoms with Gasteiger partial charge >= 0.3 is 0 Å². The highest BCUT2D eigenvalue weighted by atomic mass is 79.9. The largest absolute Gasteiger partial charge is 0.366 e. The van der Waals surface area contributed by atoms with E-state index in [1.54, 1.807) is 12.1 Å². The Kier molecular flexibility index (Phi) is 2.63. The van der Waals surface area contributed by atoms with Crippen molar-refractivity contribution in [1.82, 2.24) is 0 Å². The molecule has 0 radical (unpaired) electrons. The lowest BCUT2D eigenvalue weighted by molar-refractivity contribution is 0.504. The highest BCUT2D eigenvalue weighted by Gasteiger charge is 2.26. The molecule has 0 aliphatic carbocycles. The SMILES string of the molecule is N#Cc1ccc(N2CC(N)C2)c(F)c1Br. The van der Waals surface area contributed by atoms with Crippen LogP contribution in [0.5, 0.6) is 0 Å². The standard InChI is InChI=1S/C10H9BrFN3/c11-9-6(3-13)1-2-8(10(9)12)15-4-7(14)5-15/h1-2,7H,4-5,14H2. The summed E-state index contributed by atoms with van der Waals surface area (Å²) in [7, 11) is 0. The monoisotopic (exact) mass is 269 g/mol. The van der Waals surface area contributed by atoms with Crippen LogP contribution in [0, 0.1) is 17.1 Å². The molecule has 1 aliphatic rings. The van der Waals surface area contributed by atoms with Crippen LogP contribution >= 0.6 is 15.9 Å². The molecule has 1 saturated heterocycles. The average molecular weight is 270 g/mol. The van der Waals surface area contributed by atoms with Gasteiger partial charge in [-0.2, -0.15) is 5.26 Å². The van der Waals surface area contributed by atoms with E-state index >= 15 is 0 Å². The van der Waals surface area contributed by atoms with Gasteiger partial charge in [-0.3, -0.25) is 0 Å². The Hall–Kier alpha value is -1.12. The third kappa shape index (κ3) is 1.71. The van der Waals surface area contributed by atoms with Crippen molar-refractivity contribution >= 4 is 21.6 Å². The number of anilines is 1. The van der Waals surface area contributed by atoms with Gasteiger partial charge in [0.1, 0.15) is 6.07 Å². The zero-order chi connectivity index (χ0) is 11.0. The van der Waals surface area contributed by atoms with Crippen LogP contribution in [0.2, 0.25) is 0 Å². The topological polar surface area (TPSA) is 53.0 Å². The van der Waals surface area contributed by atoms with E-state index in [-0.39, 0.29) is 16.3 Å². The molecule has 0 aromatic heterocycles. The molecule has 1 fully saturated rings. The Bertz CT molecular complexity index is 435. The van der Waals surface area contributed by atoms with Gasteiger partial charge in [-0.15, -0.1) is 0 Å². The molecular formula is C10H9BrFN3. The molecular weight excluding hydrogens is 261 g/mol. The predicted octanol–water partition coefficient (Wildman–Crippen LogP) is 1.61. The van der Waals surface area contributed by atoms with Crippen molar-refractivity contribution in [2.24, 2.45) is 5.73 Å². The van der Waals surface area contributed by atoms with E-state index in [9.17, 15) is 4.39 Å². The van der Waals surface area contributed by atoms with Crippen LogP contribution < -0.4 is 10.6 Å². The van der Waals surface area contributed by atoms with Crippen LogP contribution in [0.1, 0.15) is 5.56 Å². The van der Waals surface area contributed by atoms with Crippen molar-refractivity contribution in [2.75, 3.05) is 18.0 Å². The third-order valence-corrected chi connectivity index (χ3v) is 3.21. The van der Waals surface area contributed by atoms with Crippen molar-refractivity contribution in [3.05, 3.63) is 28.0 Å². The molecule has 0 amide bonds. The minimum absolute atomic E-state index is 0.124. The molecule has 2 N–H and O–H groups in total. The summed E-state index contributed by atoms with van der Waals surface area (Å²) >= 11 is 3.07. The summed E-state index contributed by atoms with van der Waals surface area (Å²) < 4.78 is 14.0. The van der Waals surface area contributed by atoms with Crippen molar-refractivity contribution in [2.45, 2.75) is 6.04 Å². The van der Waals surface area contributed by atoms with Crippen LogP contribution in [0.15, 0.2) is 16.6 Å². The summed E-state index contributed by atoms with van der Waals surface area (Å²) in [5.41, 5.74) is 6.43. The van der Waals surface area contributed by atoms with Crippen molar-refractivity contribution < 1.29 is 4.39 Å². The van der Waals surface area contributed by atoms with Crippen molar-refractivity contribution in [1.29, 1.82) is 5.26 Å². The Labute approximate surface area is 95.4 Å². The first kappa shape index (κ1) is 10.4. The Morgan fingerprint density at radius 2 is 2.20 bits per heavy atom. The molecule has 3 nitrogen and oxygen atoms in total. The molecule has 1 aromatic rings. The van der Waals surface area contributed by atoms with Crippen LogP contribution in [0.4, 0.5) is 10.1 Å². The Morgan fingerprint density at radius 1 is 1.53 bits per heavy atom. The van der Waals surface area contributed by atoms with Gasteiger partial charge in [-0.25, -0.2) is 4.39 Å². The summed E-state index contributed by atoms with van der Waals surface area (Å²) in [6.07, 6.45) is 0. The number of nitrogens with two attached hydrogens (primary N) is 1. The maximum atomic E-state index is 13.8. The maximum absolute atomic E-state index is 13.8. The summed E-state index contributed by atoms with van der Waals surface area (Å²) in [5, 5.41) is 8.71. The fourth-order valence-electron chi connectivity index (χ4n) is 1.58. The Balaban J connectivity index is 2.35. The minimum Gasteiger partial charge on any atom is -0.366 e. The van der Waals surface area contributed by atoms with Crippen molar-refractivity contribution in [3.63, 3.8) is 0 Å². The van der Waals surface area contributed by atoms with Crippen molar-refractivity contribution in [3.8, 4) is 6.07 Å². The second-order valence-corrected chi connectivity index (χ2v) is 4.33. The summed E-state index contributed by atoms with van der Waals surface area (Å²) in [6, 6.07) is 5.26.